The van der Waals surface area contributed by atoms with Crippen LogP contribution in [0.15, 0.2) is 0 Å². The third kappa shape index (κ3) is 2.94. The Balaban J connectivity index is 2.61. The molecule has 3 nitrogen and oxygen atoms in total. The van der Waals surface area contributed by atoms with Crippen molar-refractivity contribution in [1.82, 2.24) is 10.2 Å². The molecule has 88 valence electrons. The second kappa shape index (κ2) is 5.50. The van der Waals surface area contributed by atoms with E-state index < -0.39 is 0 Å². The first-order valence-electron chi connectivity index (χ1n) is 6.16. The van der Waals surface area contributed by atoms with E-state index in [2.05, 4.69) is 33.0 Å². The molecule has 0 aliphatic carbocycles. The van der Waals surface area contributed by atoms with E-state index in [9.17, 15) is 4.79 Å². The van der Waals surface area contributed by atoms with E-state index >= 15 is 0 Å². The van der Waals surface area contributed by atoms with Crippen LogP contribution in [0.25, 0.3) is 0 Å². The molecule has 15 heavy (non-hydrogen) atoms. The fraction of sp³-hybridized carbons (Fsp3) is 0.917. The van der Waals surface area contributed by atoms with Crippen LogP contribution in [-0.2, 0) is 4.79 Å². The lowest BCUT2D eigenvalue weighted by atomic mass is 10.1. The number of nitrogens with one attached hydrogen (secondary N) is 1. The highest BCUT2D eigenvalue weighted by molar-refractivity contribution is 5.84. The van der Waals surface area contributed by atoms with E-state index in [0.29, 0.717) is 11.8 Å². The molecular formula is C12H24N2O. The van der Waals surface area contributed by atoms with Gasteiger partial charge in [-0.05, 0) is 25.7 Å². The number of carbonyl (C=O) groups is 1. The Labute approximate surface area is 93.2 Å². The maximum atomic E-state index is 12.0. The van der Waals surface area contributed by atoms with Crippen molar-refractivity contribution < 1.29 is 4.79 Å². The van der Waals surface area contributed by atoms with Gasteiger partial charge in [-0.15, -0.1) is 0 Å². The van der Waals surface area contributed by atoms with Crippen LogP contribution in [0.4, 0.5) is 0 Å². The molecule has 1 heterocycles. The van der Waals surface area contributed by atoms with Crippen LogP contribution >= 0.6 is 0 Å². The summed E-state index contributed by atoms with van der Waals surface area (Å²) < 4.78 is 0. The van der Waals surface area contributed by atoms with Crippen molar-refractivity contribution in [3.63, 3.8) is 0 Å². The Morgan fingerprint density at radius 2 is 2.07 bits per heavy atom. The Bertz CT molecular complexity index is 216. The summed E-state index contributed by atoms with van der Waals surface area (Å²) in [6, 6.07) is 0.0682. The molecular weight excluding hydrogens is 188 g/mol. The molecule has 0 aromatic carbocycles. The van der Waals surface area contributed by atoms with Crippen molar-refractivity contribution >= 4 is 5.91 Å². The predicted octanol–water partition coefficient (Wildman–Crippen LogP) is 1.98. The summed E-state index contributed by atoms with van der Waals surface area (Å²) in [6.07, 6.45) is 3.35. The first-order chi connectivity index (χ1) is 7.10. The minimum absolute atomic E-state index is 0.0682. The minimum Gasteiger partial charge on any atom is -0.326 e. The maximum Gasteiger partial charge on any atom is 0.241 e. The van der Waals surface area contributed by atoms with Crippen molar-refractivity contribution in [3.05, 3.63) is 0 Å². The second-order valence-electron chi connectivity index (χ2n) is 4.78. The quantitative estimate of drug-likeness (QED) is 0.755. The van der Waals surface area contributed by atoms with Crippen LogP contribution < -0.4 is 5.32 Å². The van der Waals surface area contributed by atoms with Crippen molar-refractivity contribution in [2.45, 2.75) is 59.2 Å². The molecule has 1 rings (SSSR count). The highest BCUT2D eigenvalue weighted by Crippen LogP contribution is 2.19. The summed E-state index contributed by atoms with van der Waals surface area (Å²) in [5.74, 6) is 0.926. The van der Waals surface area contributed by atoms with Gasteiger partial charge in [0.05, 0.1) is 12.2 Å². The number of hydrogen-bond donors (Lipinski definition) is 1. The van der Waals surface area contributed by atoms with Crippen molar-refractivity contribution in [2.24, 2.45) is 5.92 Å². The van der Waals surface area contributed by atoms with Crippen molar-refractivity contribution in [2.75, 3.05) is 6.54 Å². The number of likely N-dealkylation sites (N-methyl/N-ethyl adjacent to an activating group) is 1. The normalized spacial score (nSPS) is 26.7. The minimum atomic E-state index is 0.0682. The van der Waals surface area contributed by atoms with Gasteiger partial charge in [-0.1, -0.05) is 27.2 Å². The lowest BCUT2D eigenvalue weighted by molar-refractivity contribution is -0.130. The van der Waals surface area contributed by atoms with E-state index in [1.54, 1.807) is 0 Å². The topological polar surface area (TPSA) is 32.3 Å². The molecule has 1 fully saturated rings. The number of amides is 1. The number of rotatable bonds is 5. The van der Waals surface area contributed by atoms with Crippen LogP contribution in [0.5, 0.6) is 0 Å². The molecule has 0 bridgehead atoms. The lowest BCUT2D eigenvalue weighted by Gasteiger charge is -2.23. The molecule has 1 amide bonds. The Hall–Kier alpha value is -0.570. The standard InChI is InChI=1S/C12H24N2O/c1-5-7-10-12(15)14(6-2)11(13-10)8-9(3)4/h9-11,13H,5-8H2,1-4H3. The van der Waals surface area contributed by atoms with E-state index in [0.717, 1.165) is 25.8 Å². The molecule has 1 N–H and O–H groups in total. The monoisotopic (exact) mass is 212 g/mol. The highest BCUT2D eigenvalue weighted by Gasteiger charge is 2.36. The molecule has 0 radical (unpaired) electrons. The smallest absolute Gasteiger partial charge is 0.241 e. The van der Waals surface area contributed by atoms with Gasteiger partial charge in [0.25, 0.3) is 0 Å². The average Bonchev–Trinajstić information content (AvgIpc) is 2.43. The summed E-state index contributed by atoms with van der Waals surface area (Å²) in [5, 5.41) is 3.45. The summed E-state index contributed by atoms with van der Waals surface area (Å²) in [7, 11) is 0. The number of nitrogens with zero attached hydrogens (tertiary/aromatic N) is 1. The summed E-state index contributed by atoms with van der Waals surface area (Å²) >= 11 is 0. The molecule has 0 spiro atoms. The van der Waals surface area contributed by atoms with Crippen LogP contribution in [0.3, 0.4) is 0 Å². The van der Waals surface area contributed by atoms with Gasteiger partial charge in [0.2, 0.25) is 5.91 Å². The van der Waals surface area contributed by atoms with E-state index in [1.807, 2.05) is 4.90 Å². The first kappa shape index (κ1) is 12.5. The SMILES string of the molecule is CCCC1NC(CC(C)C)N(CC)C1=O. The lowest BCUT2D eigenvalue weighted by Crippen LogP contribution is -2.38. The van der Waals surface area contributed by atoms with Crippen LogP contribution in [0, 0.1) is 5.92 Å². The van der Waals surface area contributed by atoms with Gasteiger partial charge in [-0.25, -0.2) is 0 Å². The molecule has 0 saturated carbocycles. The Morgan fingerprint density at radius 1 is 1.40 bits per heavy atom. The van der Waals surface area contributed by atoms with Gasteiger partial charge in [0.15, 0.2) is 0 Å². The van der Waals surface area contributed by atoms with Gasteiger partial charge in [0, 0.05) is 6.54 Å². The van der Waals surface area contributed by atoms with E-state index in [1.165, 1.54) is 0 Å². The van der Waals surface area contributed by atoms with Gasteiger partial charge in [-0.2, -0.15) is 0 Å². The van der Waals surface area contributed by atoms with Crippen molar-refractivity contribution in [3.8, 4) is 0 Å². The van der Waals surface area contributed by atoms with Gasteiger partial charge in [0.1, 0.15) is 0 Å². The molecule has 2 atom stereocenters. The molecule has 1 aliphatic heterocycles. The van der Waals surface area contributed by atoms with Gasteiger partial charge < -0.3 is 4.90 Å². The second-order valence-corrected chi connectivity index (χ2v) is 4.78. The molecule has 3 heteroatoms. The zero-order valence-electron chi connectivity index (χ0n) is 10.4. The number of hydrogen-bond acceptors (Lipinski definition) is 2. The molecule has 0 aromatic heterocycles. The molecule has 0 aromatic rings. The summed E-state index contributed by atoms with van der Waals surface area (Å²) in [5.41, 5.74) is 0. The summed E-state index contributed by atoms with van der Waals surface area (Å²) in [4.78, 5) is 14.0. The van der Waals surface area contributed by atoms with Crippen molar-refractivity contribution in [1.29, 1.82) is 0 Å². The zero-order valence-corrected chi connectivity index (χ0v) is 10.4. The van der Waals surface area contributed by atoms with Crippen LogP contribution in [-0.4, -0.2) is 29.6 Å². The zero-order chi connectivity index (χ0) is 11.4. The largest absolute Gasteiger partial charge is 0.326 e. The Kier molecular flexibility index (Phi) is 4.58. The predicted molar refractivity (Wildman–Crippen MR) is 62.5 cm³/mol. The average molecular weight is 212 g/mol. The fourth-order valence-corrected chi connectivity index (χ4v) is 2.26. The van der Waals surface area contributed by atoms with Crippen LogP contribution in [0.2, 0.25) is 0 Å². The summed E-state index contributed by atoms with van der Waals surface area (Å²) in [6.45, 7) is 9.41. The third-order valence-corrected chi connectivity index (χ3v) is 2.96. The molecule has 2 unspecified atom stereocenters. The fourth-order valence-electron chi connectivity index (χ4n) is 2.26. The van der Waals surface area contributed by atoms with E-state index in [-0.39, 0.29) is 12.2 Å². The van der Waals surface area contributed by atoms with Crippen LogP contribution in [0.1, 0.15) is 47.0 Å². The van der Waals surface area contributed by atoms with E-state index in [4.69, 9.17) is 0 Å². The first-order valence-corrected chi connectivity index (χ1v) is 6.16. The Morgan fingerprint density at radius 3 is 2.53 bits per heavy atom. The number of carbonyl (C=O) groups excluding carboxylic acids is 1. The molecule has 1 aliphatic rings. The third-order valence-electron chi connectivity index (χ3n) is 2.96. The highest BCUT2D eigenvalue weighted by atomic mass is 16.2. The maximum absolute atomic E-state index is 12.0. The van der Waals surface area contributed by atoms with Gasteiger partial charge >= 0.3 is 0 Å². The van der Waals surface area contributed by atoms with Gasteiger partial charge in [-0.3, -0.25) is 10.1 Å². The molecule has 1 saturated heterocycles.